The second-order valence-electron chi connectivity index (χ2n) is 5.40. The normalized spacial score (nSPS) is 27.6. The molecule has 2 saturated heterocycles. The highest BCUT2D eigenvalue weighted by molar-refractivity contribution is 6.09. The summed E-state index contributed by atoms with van der Waals surface area (Å²) in [6.07, 6.45) is -0.621. The summed E-state index contributed by atoms with van der Waals surface area (Å²) < 4.78 is 10.2. The van der Waals surface area contributed by atoms with Crippen LogP contribution in [0.15, 0.2) is 24.3 Å². The number of hydrogen-bond donors (Lipinski definition) is 0. The van der Waals surface area contributed by atoms with Gasteiger partial charge in [-0.05, 0) is 38.1 Å². The van der Waals surface area contributed by atoms with Crippen molar-refractivity contribution < 1.29 is 19.1 Å². The Morgan fingerprint density at radius 3 is 2.42 bits per heavy atom. The van der Waals surface area contributed by atoms with Crippen molar-refractivity contribution in [2.24, 2.45) is 5.41 Å². The van der Waals surface area contributed by atoms with Gasteiger partial charge in [0.1, 0.15) is 5.75 Å². The van der Waals surface area contributed by atoms with Crippen molar-refractivity contribution in [3.63, 3.8) is 0 Å². The van der Waals surface area contributed by atoms with Crippen LogP contribution >= 0.6 is 0 Å². The lowest BCUT2D eigenvalue weighted by atomic mass is 9.78. The zero-order valence-corrected chi connectivity index (χ0v) is 11.0. The minimum absolute atomic E-state index is 0.158. The fourth-order valence-corrected chi connectivity index (χ4v) is 2.70. The summed E-state index contributed by atoms with van der Waals surface area (Å²) in [4.78, 5) is 25.4. The molecule has 1 aromatic rings. The Bertz CT molecular complexity index is 549. The highest BCUT2D eigenvalue weighted by Crippen LogP contribution is 2.46. The quantitative estimate of drug-likeness (QED) is 0.596. The molecule has 0 bridgehead atoms. The first kappa shape index (κ1) is 12.0. The number of nitrogens with zero attached hydrogens (tertiary/aromatic N) is 1. The van der Waals surface area contributed by atoms with Crippen molar-refractivity contribution in [3.8, 4) is 5.75 Å². The predicted octanol–water partition coefficient (Wildman–Crippen LogP) is 1.36. The lowest BCUT2D eigenvalue weighted by Gasteiger charge is -2.45. The van der Waals surface area contributed by atoms with Gasteiger partial charge in [0.2, 0.25) is 6.10 Å². The monoisotopic (exact) mass is 261 g/mol. The minimum atomic E-state index is -0.668. The lowest BCUT2D eigenvalue weighted by Crippen LogP contribution is -2.67. The number of rotatable bonds is 2. The van der Waals surface area contributed by atoms with E-state index in [-0.39, 0.29) is 17.9 Å². The van der Waals surface area contributed by atoms with Crippen molar-refractivity contribution in [1.82, 2.24) is 0 Å². The van der Waals surface area contributed by atoms with Gasteiger partial charge in [0.15, 0.2) is 0 Å². The fraction of sp³-hybridized carbons (Fsp3) is 0.429. The maximum Gasteiger partial charge on any atom is 0.314 e. The van der Waals surface area contributed by atoms with Gasteiger partial charge in [-0.3, -0.25) is 9.59 Å². The summed E-state index contributed by atoms with van der Waals surface area (Å²) >= 11 is 0. The molecule has 5 nitrogen and oxygen atoms in total. The Morgan fingerprint density at radius 2 is 1.84 bits per heavy atom. The summed E-state index contributed by atoms with van der Waals surface area (Å²) in [5.41, 5.74) is 0.0943. The van der Waals surface area contributed by atoms with Gasteiger partial charge in [-0.15, -0.1) is 0 Å². The van der Waals surface area contributed by atoms with E-state index in [0.717, 1.165) is 11.4 Å². The molecular weight excluding hydrogens is 246 g/mol. The molecule has 1 amide bonds. The Hall–Kier alpha value is -2.04. The molecule has 2 atom stereocenters. The van der Waals surface area contributed by atoms with Crippen LogP contribution in [-0.4, -0.2) is 31.1 Å². The van der Waals surface area contributed by atoms with Crippen LogP contribution in [0.5, 0.6) is 5.75 Å². The van der Waals surface area contributed by atoms with Crippen LogP contribution in [0.4, 0.5) is 5.69 Å². The topological polar surface area (TPSA) is 55.8 Å². The van der Waals surface area contributed by atoms with E-state index >= 15 is 0 Å². The van der Waals surface area contributed by atoms with Gasteiger partial charge in [0.25, 0.3) is 5.91 Å². The summed E-state index contributed by atoms with van der Waals surface area (Å²) in [5, 5.41) is 0. The molecule has 0 aromatic heterocycles. The van der Waals surface area contributed by atoms with Gasteiger partial charge in [0.05, 0.1) is 18.6 Å². The molecule has 1 aromatic carbocycles. The summed E-state index contributed by atoms with van der Waals surface area (Å²) in [6, 6.07) is 6.99. The third kappa shape index (κ3) is 1.47. The number of hydrogen-bond acceptors (Lipinski definition) is 4. The molecule has 100 valence electrons. The van der Waals surface area contributed by atoms with Crippen LogP contribution in [-0.2, 0) is 14.3 Å². The van der Waals surface area contributed by atoms with Crippen molar-refractivity contribution in [3.05, 3.63) is 24.3 Å². The zero-order valence-electron chi connectivity index (χ0n) is 11.0. The highest BCUT2D eigenvalue weighted by atomic mass is 16.6. The number of anilines is 1. The maximum atomic E-state index is 12.0. The van der Waals surface area contributed by atoms with E-state index in [1.165, 1.54) is 0 Å². The van der Waals surface area contributed by atoms with Gasteiger partial charge in [-0.25, -0.2) is 0 Å². The van der Waals surface area contributed by atoms with Crippen LogP contribution in [0.2, 0.25) is 0 Å². The van der Waals surface area contributed by atoms with E-state index in [9.17, 15) is 9.59 Å². The first-order valence-electron chi connectivity index (χ1n) is 6.15. The molecular formula is C14H15NO4. The molecule has 0 N–H and O–H groups in total. The third-order valence-corrected chi connectivity index (χ3v) is 3.90. The number of carbonyl (C=O) groups is 2. The number of fused-ring (bicyclic) bond motifs is 1. The largest absolute Gasteiger partial charge is 0.497 e. The van der Waals surface area contributed by atoms with Crippen LogP contribution in [0.1, 0.15) is 13.8 Å². The Morgan fingerprint density at radius 1 is 1.21 bits per heavy atom. The van der Waals surface area contributed by atoms with E-state index in [4.69, 9.17) is 9.47 Å². The summed E-state index contributed by atoms with van der Waals surface area (Å²) in [6.45, 7) is 3.62. The average Bonchev–Trinajstić information content (AvgIpc) is 2.60. The van der Waals surface area contributed by atoms with E-state index in [1.807, 2.05) is 26.0 Å². The second kappa shape index (κ2) is 3.73. The van der Waals surface area contributed by atoms with Crippen LogP contribution in [0, 0.1) is 5.41 Å². The molecule has 2 aliphatic rings. The van der Waals surface area contributed by atoms with Gasteiger partial charge >= 0.3 is 5.97 Å². The van der Waals surface area contributed by atoms with E-state index in [1.54, 1.807) is 24.1 Å². The first-order chi connectivity index (χ1) is 8.96. The molecule has 2 unspecified atom stereocenters. The van der Waals surface area contributed by atoms with Crippen LogP contribution in [0.3, 0.4) is 0 Å². The Kier molecular flexibility index (Phi) is 2.36. The second-order valence-corrected chi connectivity index (χ2v) is 5.40. The predicted molar refractivity (Wildman–Crippen MR) is 67.9 cm³/mol. The number of β-lactam (4-membered cyclic amide) rings is 1. The van der Waals surface area contributed by atoms with Gasteiger partial charge in [-0.2, -0.15) is 0 Å². The lowest BCUT2D eigenvalue weighted by molar-refractivity contribution is -0.152. The molecule has 19 heavy (non-hydrogen) atoms. The van der Waals surface area contributed by atoms with Gasteiger partial charge < -0.3 is 14.4 Å². The smallest absolute Gasteiger partial charge is 0.314 e. The third-order valence-electron chi connectivity index (χ3n) is 3.90. The van der Waals surface area contributed by atoms with Crippen LogP contribution in [0.25, 0.3) is 0 Å². The number of amides is 1. The Labute approximate surface area is 111 Å². The van der Waals surface area contributed by atoms with E-state index in [0.29, 0.717) is 0 Å². The van der Waals surface area contributed by atoms with E-state index < -0.39 is 11.5 Å². The fourth-order valence-electron chi connectivity index (χ4n) is 2.70. The summed E-state index contributed by atoms with van der Waals surface area (Å²) in [5.74, 6) is 0.257. The number of carbonyl (C=O) groups excluding carboxylic acids is 2. The van der Waals surface area contributed by atoms with Gasteiger partial charge in [0, 0.05) is 5.69 Å². The first-order valence-corrected chi connectivity index (χ1v) is 6.15. The molecule has 2 heterocycles. The molecule has 0 radical (unpaired) electrons. The van der Waals surface area contributed by atoms with Crippen molar-refractivity contribution >= 4 is 17.6 Å². The maximum absolute atomic E-state index is 12.0. The van der Waals surface area contributed by atoms with Crippen molar-refractivity contribution in [2.75, 3.05) is 12.0 Å². The zero-order chi connectivity index (χ0) is 13.8. The molecule has 0 spiro atoms. The molecule has 2 fully saturated rings. The van der Waals surface area contributed by atoms with Crippen LogP contribution < -0.4 is 9.64 Å². The number of esters is 1. The highest BCUT2D eigenvalue weighted by Gasteiger charge is 2.65. The number of ether oxygens (including phenoxy) is 2. The molecule has 0 saturated carbocycles. The average molecular weight is 261 g/mol. The van der Waals surface area contributed by atoms with Gasteiger partial charge in [-0.1, -0.05) is 0 Å². The number of benzene rings is 1. The molecule has 5 heteroatoms. The minimum Gasteiger partial charge on any atom is -0.497 e. The standard InChI is InChI=1S/C14H15NO4/c1-14(2)11-10(19-13(14)17)12(16)15(11)8-4-6-9(18-3)7-5-8/h4-7,10-11H,1-3H3. The molecule has 0 aliphatic carbocycles. The van der Waals surface area contributed by atoms with Crippen molar-refractivity contribution in [1.29, 1.82) is 0 Å². The molecule has 3 rings (SSSR count). The van der Waals surface area contributed by atoms with Crippen molar-refractivity contribution in [2.45, 2.75) is 26.0 Å². The SMILES string of the molecule is COc1ccc(N2C(=O)C3OC(=O)C(C)(C)C32)cc1. The summed E-state index contributed by atoms with van der Waals surface area (Å²) in [7, 11) is 1.59. The van der Waals surface area contributed by atoms with E-state index in [2.05, 4.69) is 0 Å². The molecule has 2 aliphatic heterocycles. The number of methoxy groups -OCH3 is 1. The Balaban J connectivity index is 1.93.